The minimum absolute atomic E-state index is 0.00677. The van der Waals surface area contributed by atoms with Crippen molar-refractivity contribution < 1.29 is 14.4 Å². The molecule has 1 aromatic carbocycles. The first-order chi connectivity index (χ1) is 8.58. The van der Waals surface area contributed by atoms with Crippen LogP contribution in [0.3, 0.4) is 0 Å². The first kappa shape index (κ1) is 14.7. The van der Waals surface area contributed by atoms with E-state index >= 15 is 0 Å². The van der Waals surface area contributed by atoms with Gasteiger partial charge < -0.3 is 10.4 Å². The number of nitro groups is 1. The highest BCUT2D eigenvalue weighted by molar-refractivity contribution is 7.98. The zero-order valence-electron chi connectivity index (χ0n) is 9.93. The fraction of sp³-hybridized carbons (Fsp3) is 0.455. The molecule has 0 aliphatic rings. The molecule has 0 aliphatic carbocycles. The molecular weight excluding hydrogens is 259 g/mol. The number of hydrogen-bond donors (Lipinski definition) is 2. The SMILES string of the molecule is CSC[C@H](CCO)Nc1ccc([N+](=O)[O-])cc1F. The maximum atomic E-state index is 13.6. The van der Waals surface area contributed by atoms with Gasteiger partial charge in [-0.1, -0.05) is 0 Å². The molecule has 1 atom stereocenters. The monoisotopic (exact) mass is 274 g/mol. The van der Waals surface area contributed by atoms with Crippen LogP contribution in [0.1, 0.15) is 6.42 Å². The molecule has 0 spiro atoms. The number of thioether (sulfide) groups is 1. The van der Waals surface area contributed by atoms with E-state index in [9.17, 15) is 14.5 Å². The van der Waals surface area contributed by atoms with Crippen LogP contribution in [0, 0.1) is 15.9 Å². The van der Waals surface area contributed by atoms with Crippen LogP contribution in [0.25, 0.3) is 0 Å². The Balaban J connectivity index is 2.79. The molecule has 2 N–H and O–H groups in total. The third kappa shape index (κ3) is 4.15. The summed E-state index contributed by atoms with van der Waals surface area (Å²) in [5, 5.41) is 22.3. The van der Waals surface area contributed by atoms with Crippen LogP contribution in [0.5, 0.6) is 0 Å². The van der Waals surface area contributed by atoms with Crippen LogP contribution >= 0.6 is 11.8 Å². The maximum absolute atomic E-state index is 13.6. The second kappa shape index (κ2) is 7.17. The molecule has 0 fully saturated rings. The van der Waals surface area contributed by atoms with Crippen LogP contribution in [-0.2, 0) is 0 Å². The number of aliphatic hydroxyl groups is 1. The van der Waals surface area contributed by atoms with E-state index in [1.165, 1.54) is 12.1 Å². The summed E-state index contributed by atoms with van der Waals surface area (Å²) >= 11 is 1.58. The van der Waals surface area contributed by atoms with Crippen molar-refractivity contribution in [1.29, 1.82) is 0 Å². The first-order valence-corrected chi connectivity index (χ1v) is 6.78. The van der Waals surface area contributed by atoms with E-state index in [4.69, 9.17) is 5.11 Å². The van der Waals surface area contributed by atoms with Gasteiger partial charge in [0.1, 0.15) is 0 Å². The van der Waals surface area contributed by atoms with E-state index in [1.807, 2.05) is 6.26 Å². The quantitative estimate of drug-likeness (QED) is 0.589. The van der Waals surface area contributed by atoms with Crippen LogP contribution in [0.15, 0.2) is 18.2 Å². The van der Waals surface area contributed by atoms with Gasteiger partial charge in [0.15, 0.2) is 5.82 Å². The van der Waals surface area contributed by atoms with Gasteiger partial charge in [-0.3, -0.25) is 10.1 Å². The van der Waals surface area contributed by atoms with E-state index in [1.54, 1.807) is 11.8 Å². The van der Waals surface area contributed by atoms with Crippen molar-refractivity contribution >= 4 is 23.1 Å². The lowest BCUT2D eigenvalue weighted by molar-refractivity contribution is -0.385. The lowest BCUT2D eigenvalue weighted by Crippen LogP contribution is -2.24. The fourth-order valence-electron chi connectivity index (χ4n) is 1.51. The Morgan fingerprint density at radius 1 is 1.61 bits per heavy atom. The topological polar surface area (TPSA) is 75.4 Å². The molecule has 1 aromatic rings. The zero-order chi connectivity index (χ0) is 13.5. The number of nitrogens with one attached hydrogen (secondary N) is 1. The van der Waals surface area contributed by atoms with Crippen molar-refractivity contribution in [2.45, 2.75) is 12.5 Å². The highest BCUT2D eigenvalue weighted by atomic mass is 32.2. The van der Waals surface area contributed by atoms with Crippen molar-refractivity contribution in [2.24, 2.45) is 0 Å². The Morgan fingerprint density at radius 2 is 2.33 bits per heavy atom. The summed E-state index contributed by atoms with van der Waals surface area (Å²) in [6.45, 7) is 0.00677. The number of aliphatic hydroxyl groups excluding tert-OH is 1. The summed E-state index contributed by atoms with van der Waals surface area (Å²) in [4.78, 5) is 9.83. The molecule has 5 nitrogen and oxygen atoms in total. The van der Waals surface area contributed by atoms with Gasteiger partial charge in [0.05, 0.1) is 16.7 Å². The summed E-state index contributed by atoms with van der Waals surface area (Å²) in [7, 11) is 0. The smallest absolute Gasteiger partial charge is 0.272 e. The summed E-state index contributed by atoms with van der Waals surface area (Å²) in [6.07, 6.45) is 2.41. The molecule has 0 saturated heterocycles. The molecule has 0 unspecified atom stereocenters. The summed E-state index contributed by atoms with van der Waals surface area (Å²) in [6, 6.07) is 3.41. The Kier molecular flexibility index (Phi) is 5.87. The van der Waals surface area contributed by atoms with Gasteiger partial charge in [0.25, 0.3) is 5.69 Å². The van der Waals surface area contributed by atoms with Gasteiger partial charge >= 0.3 is 0 Å². The van der Waals surface area contributed by atoms with Crippen LogP contribution in [-0.4, -0.2) is 34.7 Å². The molecule has 100 valence electrons. The van der Waals surface area contributed by atoms with Gasteiger partial charge in [0.2, 0.25) is 0 Å². The number of benzene rings is 1. The Bertz CT molecular complexity index is 411. The van der Waals surface area contributed by atoms with Gasteiger partial charge in [-0.2, -0.15) is 11.8 Å². The van der Waals surface area contributed by atoms with Gasteiger partial charge in [-0.05, 0) is 18.7 Å². The molecule has 0 bridgehead atoms. The second-order valence-corrected chi connectivity index (χ2v) is 4.64. The maximum Gasteiger partial charge on any atom is 0.272 e. The third-order valence-electron chi connectivity index (χ3n) is 2.37. The molecule has 18 heavy (non-hydrogen) atoms. The number of hydrogen-bond acceptors (Lipinski definition) is 5. The predicted octanol–water partition coefficient (Wildman–Crippen LogP) is 2.26. The first-order valence-electron chi connectivity index (χ1n) is 5.38. The largest absolute Gasteiger partial charge is 0.396 e. The summed E-state index contributed by atoms with van der Waals surface area (Å²) < 4.78 is 13.6. The van der Waals surface area contributed by atoms with Crippen molar-refractivity contribution in [2.75, 3.05) is 23.9 Å². The number of nitro benzene ring substituents is 1. The van der Waals surface area contributed by atoms with Crippen molar-refractivity contribution in [3.8, 4) is 0 Å². The molecule has 1 rings (SSSR count). The molecular formula is C11H15FN2O3S. The van der Waals surface area contributed by atoms with E-state index in [2.05, 4.69) is 5.32 Å². The highest BCUT2D eigenvalue weighted by Gasteiger charge is 2.13. The third-order valence-corrected chi connectivity index (χ3v) is 3.10. The summed E-state index contributed by atoms with van der Waals surface area (Å²) in [5.74, 6) is 0.0602. The molecule has 0 heterocycles. The molecule has 7 heteroatoms. The average molecular weight is 274 g/mol. The number of anilines is 1. The van der Waals surface area contributed by atoms with Crippen molar-refractivity contribution in [1.82, 2.24) is 0 Å². The molecule has 0 radical (unpaired) electrons. The number of non-ortho nitro benzene ring substituents is 1. The highest BCUT2D eigenvalue weighted by Crippen LogP contribution is 2.22. The normalized spacial score (nSPS) is 12.2. The van der Waals surface area contributed by atoms with E-state index in [0.29, 0.717) is 6.42 Å². The van der Waals surface area contributed by atoms with Crippen LogP contribution in [0.4, 0.5) is 15.8 Å². The molecule has 0 amide bonds. The Hall–Kier alpha value is -1.34. The van der Waals surface area contributed by atoms with E-state index in [0.717, 1.165) is 11.8 Å². The second-order valence-electron chi connectivity index (χ2n) is 3.73. The number of halogens is 1. The molecule has 0 aliphatic heterocycles. The minimum atomic E-state index is -0.659. The average Bonchev–Trinajstić information content (AvgIpc) is 2.32. The van der Waals surface area contributed by atoms with Gasteiger partial charge in [0, 0.05) is 24.5 Å². The minimum Gasteiger partial charge on any atom is -0.396 e. The van der Waals surface area contributed by atoms with Gasteiger partial charge in [-0.25, -0.2) is 4.39 Å². The van der Waals surface area contributed by atoms with E-state index in [-0.39, 0.29) is 24.0 Å². The lowest BCUT2D eigenvalue weighted by Gasteiger charge is -2.18. The molecule has 0 aromatic heterocycles. The van der Waals surface area contributed by atoms with Crippen molar-refractivity contribution in [3.63, 3.8) is 0 Å². The Morgan fingerprint density at radius 3 is 2.83 bits per heavy atom. The van der Waals surface area contributed by atoms with E-state index < -0.39 is 10.7 Å². The number of rotatable bonds is 7. The lowest BCUT2D eigenvalue weighted by atomic mass is 10.2. The van der Waals surface area contributed by atoms with Crippen LogP contribution in [0.2, 0.25) is 0 Å². The molecule has 0 saturated carbocycles. The summed E-state index contributed by atoms with van der Waals surface area (Å²) in [5.41, 5.74) is -0.0604. The van der Waals surface area contributed by atoms with Gasteiger partial charge in [-0.15, -0.1) is 0 Å². The fourth-order valence-corrected chi connectivity index (χ4v) is 2.16. The zero-order valence-corrected chi connectivity index (χ0v) is 10.7. The standard InChI is InChI=1S/C11H15FN2O3S/c1-18-7-8(4-5-15)13-11-3-2-9(14(16)17)6-10(11)12/h2-3,6,8,13,15H,4-5,7H2,1H3/t8-/m0/s1. The number of nitrogens with zero attached hydrogens (tertiary/aromatic N) is 1. The van der Waals surface area contributed by atoms with Crippen LogP contribution < -0.4 is 5.32 Å². The van der Waals surface area contributed by atoms with Crippen molar-refractivity contribution in [3.05, 3.63) is 34.1 Å². The predicted molar refractivity (Wildman–Crippen MR) is 70.5 cm³/mol. The Labute approximate surface area is 109 Å².